The Morgan fingerprint density at radius 1 is 1.75 bits per heavy atom. The van der Waals surface area contributed by atoms with Crippen LogP contribution in [0.25, 0.3) is 0 Å². The van der Waals surface area contributed by atoms with Crippen LogP contribution < -0.4 is 0 Å². The number of hydrogen-bond acceptors (Lipinski definition) is 2. The van der Waals surface area contributed by atoms with Crippen LogP contribution in [0.3, 0.4) is 0 Å². The van der Waals surface area contributed by atoms with Crippen LogP contribution in [0.5, 0.6) is 0 Å². The van der Waals surface area contributed by atoms with E-state index in [1.165, 1.54) is 13.8 Å². The van der Waals surface area contributed by atoms with Crippen molar-refractivity contribution < 1.29 is 9.90 Å². The molecule has 0 spiro atoms. The molecule has 2 nitrogen and oxygen atoms in total. The first-order valence-electron chi connectivity index (χ1n) is 2.33. The summed E-state index contributed by atoms with van der Waals surface area (Å²) in [6.45, 7) is 2.87. The largest absolute Gasteiger partial charge is 0.381 e. The first-order chi connectivity index (χ1) is 3.63. The van der Waals surface area contributed by atoms with Gasteiger partial charge in [-0.05, 0) is 12.8 Å². The van der Waals surface area contributed by atoms with Gasteiger partial charge in [0.05, 0.1) is 0 Å². The molecule has 0 aliphatic carbocycles. The smallest absolute Gasteiger partial charge is 0.202 e. The van der Waals surface area contributed by atoms with Crippen molar-refractivity contribution in [2.45, 2.75) is 20.0 Å². The van der Waals surface area contributed by atoms with Crippen LogP contribution >= 0.6 is 0 Å². The van der Waals surface area contributed by atoms with Gasteiger partial charge in [-0.15, -0.1) is 0 Å². The highest BCUT2D eigenvalue weighted by Gasteiger charge is 1.83. The first kappa shape index (κ1) is 7.19. The van der Waals surface area contributed by atoms with E-state index in [1.54, 1.807) is 0 Å². The fraction of sp³-hybridized carbons (Fsp3) is 0.500. The van der Waals surface area contributed by atoms with Gasteiger partial charge in [-0.25, -0.2) is 0 Å². The summed E-state index contributed by atoms with van der Waals surface area (Å²) in [6, 6.07) is 0. The third-order valence-corrected chi connectivity index (χ3v) is 0.457. The second-order valence-electron chi connectivity index (χ2n) is 1.50. The molecule has 1 atom stereocenters. The highest BCUT2D eigenvalue weighted by Crippen LogP contribution is 1.71. The molecule has 0 aromatic carbocycles. The zero-order valence-electron chi connectivity index (χ0n) is 4.93. The Morgan fingerprint density at radius 3 is 2.38 bits per heavy atom. The van der Waals surface area contributed by atoms with E-state index in [2.05, 4.69) is 11.8 Å². The Labute approximate surface area is 48.5 Å². The highest BCUT2D eigenvalue weighted by atomic mass is 16.3. The van der Waals surface area contributed by atoms with Gasteiger partial charge in [0.15, 0.2) is 0 Å². The number of Topliss-reactive ketones (excluding diaryl/α,β-unsaturated/α-hetero) is 1. The standard InChI is InChI=1S/C6H8O2/c1-5(7)3-4-6(2)8/h5,7H,1-2H3/t5-/m1/s1. The summed E-state index contributed by atoms with van der Waals surface area (Å²) >= 11 is 0. The molecule has 0 aliphatic heterocycles. The molecule has 0 amide bonds. The number of aliphatic hydroxyl groups is 1. The van der Waals surface area contributed by atoms with Crippen molar-refractivity contribution in [2.24, 2.45) is 0 Å². The van der Waals surface area contributed by atoms with E-state index in [1.807, 2.05) is 0 Å². The lowest BCUT2D eigenvalue weighted by Gasteiger charge is -1.83. The molecule has 2 heteroatoms. The summed E-state index contributed by atoms with van der Waals surface area (Å²) in [5, 5.41) is 8.48. The van der Waals surface area contributed by atoms with E-state index in [0.29, 0.717) is 0 Å². The molecule has 0 saturated carbocycles. The lowest BCUT2D eigenvalue weighted by molar-refractivity contribution is -0.111. The summed E-state index contributed by atoms with van der Waals surface area (Å²) in [6.07, 6.45) is -0.695. The maximum absolute atomic E-state index is 10.1. The number of aliphatic hydroxyl groups excluding tert-OH is 1. The van der Waals surface area contributed by atoms with Crippen molar-refractivity contribution in [3.8, 4) is 11.8 Å². The van der Waals surface area contributed by atoms with Crippen LogP contribution in [-0.4, -0.2) is 17.0 Å². The Hall–Kier alpha value is -0.810. The van der Waals surface area contributed by atoms with Gasteiger partial charge in [0, 0.05) is 6.92 Å². The van der Waals surface area contributed by atoms with Crippen LogP contribution in [0, 0.1) is 11.8 Å². The SMILES string of the molecule is CC(=O)C#C[C@@H](C)O. The van der Waals surface area contributed by atoms with Crippen LogP contribution in [0.1, 0.15) is 13.8 Å². The average Bonchev–Trinajstić information content (AvgIpc) is 1.61. The summed E-state index contributed by atoms with van der Waals surface area (Å²) in [5.41, 5.74) is 0. The number of carbonyl (C=O) groups excluding carboxylic acids is 1. The maximum atomic E-state index is 10.1. The Morgan fingerprint density at radius 2 is 2.25 bits per heavy atom. The number of ketones is 1. The zero-order chi connectivity index (χ0) is 6.57. The minimum atomic E-state index is -0.695. The monoisotopic (exact) mass is 112 g/mol. The fourth-order valence-electron chi connectivity index (χ4n) is 0.206. The molecule has 0 radical (unpaired) electrons. The van der Waals surface area contributed by atoms with Crippen molar-refractivity contribution in [1.29, 1.82) is 0 Å². The van der Waals surface area contributed by atoms with Crippen LogP contribution in [-0.2, 0) is 4.79 Å². The predicted octanol–water partition coefficient (Wildman–Crippen LogP) is -0.0404. The topological polar surface area (TPSA) is 37.3 Å². The van der Waals surface area contributed by atoms with Crippen molar-refractivity contribution >= 4 is 5.78 Å². The second-order valence-corrected chi connectivity index (χ2v) is 1.50. The van der Waals surface area contributed by atoms with E-state index in [0.717, 1.165) is 0 Å². The lowest BCUT2D eigenvalue weighted by Crippen LogP contribution is -1.94. The molecule has 1 N–H and O–H groups in total. The summed E-state index contributed by atoms with van der Waals surface area (Å²) in [4.78, 5) is 10.1. The molecule has 0 fully saturated rings. The molecule has 44 valence electrons. The van der Waals surface area contributed by atoms with Gasteiger partial charge in [0.25, 0.3) is 0 Å². The molecule has 0 bridgehead atoms. The van der Waals surface area contributed by atoms with Crippen LogP contribution in [0.4, 0.5) is 0 Å². The summed E-state index contributed by atoms with van der Waals surface area (Å²) in [7, 11) is 0. The minimum Gasteiger partial charge on any atom is -0.381 e. The molecule has 8 heavy (non-hydrogen) atoms. The molecule has 0 aromatic rings. The first-order valence-corrected chi connectivity index (χ1v) is 2.33. The molecule has 0 aliphatic rings. The van der Waals surface area contributed by atoms with E-state index < -0.39 is 6.10 Å². The van der Waals surface area contributed by atoms with Gasteiger partial charge in [0.1, 0.15) is 6.10 Å². The molecule has 0 saturated heterocycles. The van der Waals surface area contributed by atoms with Gasteiger partial charge in [-0.1, -0.05) is 5.92 Å². The summed E-state index contributed by atoms with van der Waals surface area (Å²) < 4.78 is 0. The van der Waals surface area contributed by atoms with E-state index in [9.17, 15) is 4.79 Å². The highest BCUT2D eigenvalue weighted by molar-refractivity contribution is 5.93. The van der Waals surface area contributed by atoms with Gasteiger partial charge in [-0.2, -0.15) is 0 Å². The molecule has 0 aromatic heterocycles. The van der Waals surface area contributed by atoms with Crippen molar-refractivity contribution in [3.63, 3.8) is 0 Å². The van der Waals surface area contributed by atoms with Gasteiger partial charge >= 0.3 is 0 Å². The molecule has 0 unspecified atom stereocenters. The summed E-state index contributed by atoms with van der Waals surface area (Å²) in [5.74, 6) is 4.29. The number of rotatable bonds is 0. The quantitative estimate of drug-likeness (QED) is 0.352. The van der Waals surface area contributed by atoms with Gasteiger partial charge in [0.2, 0.25) is 5.78 Å². The van der Waals surface area contributed by atoms with Crippen LogP contribution in [0.2, 0.25) is 0 Å². The van der Waals surface area contributed by atoms with Crippen molar-refractivity contribution in [1.82, 2.24) is 0 Å². The second kappa shape index (κ2) is 3.23. The van der Waals surface area contributed by atoms with E-state index >= 15 is 0 Å². The van der Waals surface area contributed by atoms with Gasteiger partial charge < -0.3 is 5.11 Å². The Kier molecular flexibility index (Phi) is 2.90. The van der Waals surface area contributed by atoms with Gasteiger partial charge in [-0.3, -0.25) is 4.79 Å². The number of hydrogen-bond donors (Lipinski definition) is 1. The fourth-order valence-corrected chi connectivity index (χ4v) is 0.206. The average molecular weight is 112 g/mol. The minimum absolute atomic E-state index is 0.217. The van der Waals surface area contributed by atoms with Crippen LogP contribution in [0.15, 0.2) is 0 Å². The molecule has 0 heterocycles. The van der Waals surface area contributed by atoms with Crippen molar-refractivity contribution in [3.05, 3.63) is 0 Å². The van der Waals surface area contributed by atoms with E-state index in [4.69, 9.17) is 5.11 Å². The van der Waals surface area contributed by atoms with Crippen molar-refractivity contribution in [2.75, 3.05) is 0 Å². The third-order valence-electron chi connectivity index (χ3n) is 0.457. The molecule has 0 rings (SSSR count). The third kappa shape index (κ3) is 5.19. The number of carbonyl (C=O) groups is 1. The zero-order valence-corrected chi connectivity index (χ0v) is 4.93. The molecular weight excluding hydrogens is 104 g/mol. The Bertz CT molecular complexity index is 136. The maximum Gasteiger partial charge on any atom is 0.202 e. The normalized spacial score (nSPS) is 11.4. The van der Waals surface area contributed by atoms with E-state index in [-0.39, 0.29) is 5.78 Å². The molecular formula is C6H8O2. The predicted molar refractivity (Wildman–Crippen MR) is 30.1 cm³/mol. The lowest BCUT2D eigenvalue weighted by atomic mass is 10.4. The Balaban J connectivity index is 3.68.